The third kappa shape index (κ3) is 5.34. The van der Waals surface area contributed by atoms with Crippen molar-refractivity contribution in [2.75, 3.05) is 4.90 Å². The molecule has 3 aromatic rings. The Morgan fingerprint density at radius 1 is 1.03 bits per heavy atom. The monoisotopic (exact) mass is 486 g/mol. The Morgan fingerprint density at radius 2 is 1.80 bits per heavy atom. The van der Waals surface area contributed by atoms with Crippen LogP contribution in [0.4, 0.5) is 10.5 Å². The number of amides is 4. The van der Waals surface area contributed by atoms with Crippen molar-refractivity contribution in [3.8, 4) is 5.75 Å². The molecule has 0 spiro atoms. The fraction of sp³-hybridized carbons (Fsp3) is 0.107. The van der Waals surface area contributed by atoms with Crippen molar-refractivity contribution >= 4 is 41.2 Å². The van der Waals surface area contributed by atoms with E-state index in [1.165, 1.54) is 12.1 Å². The first kappa shape index (κ1) is 24.0. The predicted molar refractivity (Wildman–Crippen MR) is 136 cm³/mol. The first-order chi connectivity index (χ1) is 16.9. The maximum Gasteiger partial charge on any atom is 0.335 e. The van der Waals surface area contributed by atoms with Crippen molar-refractivity contribution in [3.63, 3.8) is 0 Å². The van der Waals surface area contributed by atoms with E-state index in [0.29, 0.717) is 29.4 Å². The maximum atomic E-state index is 13.2. The summed E-state index contributed by atoms with van der Waals surface area (Å²) in [6, 6.07) is 19.2. The zero-order valence-electron chi connectivity index (χ0n) is 19.1. The lowest BCUT2D eigenvalue weighted by atomic mass is 10.0. The molecule has 1 fully saturated rings. The number of barbiturate groups is 1. The van der Waals surface area contributed by atoms with Gasteiger partial charge in [0.05, 0.1) is 5.69 Å². The summed E-state index contributed by atoms with van der Waals surface area (Å²) >= 11 is 6.18. The molecule has 4 amide bonds. The lowest BCUT2D eigenvalue weighted by molar-refractivity contribution is -0.122. The van der Waals surface area contributed by atoms with E-state index in [-0.39, 0.29) is 11.3 Å². The summed E-state index contributed by atoms with van der Waals surface area (Å²) in [5.74, 6) is -0.807. The van der Waals surface area contributed by atoms with E-state index in [1.807, 2.05) is 43.3 Å². The molecule has 0 unspecified atom stereocenters. The normalized spacial score (nSPS) is 14.7. The molecule has 4 rings (SSSR count). The highest BCUT2D eigenvalue weighted by molar-refractivity contribution is 6.39. The van der Waals surface area contributed by atoms with Gasteiger partial charge in [0.25, 0.3) is 11.8 Å². The van der Waals surface area contributed by atoms with Crippen molar-refractivity contribution in [2.45, 2.75) is 20.0 Å². The van der Waals surface area contributed by atoms with Crippen molar-refractivity contribution in [1.29, 1.82) is 0 Å². The number of benzene rings is 3. The van der Waals surface area contributed by atoms with Gasteiger partial charge in [0.2, 0.25) is 0 Å². The summed E-state index contributed by atoms with van der Waals surface area (Å²) in [5, 5.41) is 2.64. The van der Waals surface area contributed by atoms with Crippen LogP contribution in [-0.4, -0.2) is 17.8 Å². The van der Waals surface area contributed by atoms with Crippen LogP contribution in [-0.2, 0) is 22.6 Å². The van der Waals surface area contributed by atoms with E-state index >= 15 is 0 Å². The molecule has 1 heterocycles. The van der Waals surface area contributed by atoms with Crippen molar-refractivity contribution in [1.82, 2.24) is 5.32 Å². The number of allylic oxidation sites excluding steroid dienone is 1. The molecule has 3 aromatic carbocycles. The van der Waals surface area contributed by atoms with E-state index < -0.39 is 17.8 Å². The van der Waals surface area contributed by atoms with Gasteiger partial charge in [-0.1, -0.05) is 60.1 Å². The van der Waals surface area contributed by atoms with Crippen LogP contribution >= 0.6 is 11.6 Å². The lowest BCUT2D eigenvalue weighted by Crippen LogP contribution is -2.54. The Bertz CT molecular complexity index is 1350. The Morgan fingerprint density at radius 3 is 2.51 bits per heavy atom. The zero-order valence-corrected chi connectivity index (χ0v) is 19.8. The van der Waals surface area contributed by atoms with Crippen LogP contribution in [0.15, 0.2) is 85.0 Å². The molecule has 0 radical (unpaired) electrons. The largest absolute Gasteiger partial charge is 0.489 e. The Kier molecular flexibility index (Phi) is 7.13. The van der Waals surface area contributed by atoms with Crippen LogP contribution in [0.2, 0.25) is 5.02 Å². The van der Waals surface area contributed by atoms with Crippen molar-refractivity contribution in [3.05, 3.63) is 112 Å². The van der Waals surface area contributed by atoms with Crippen molar-refractivity contribution in [2.24, 2.45) is 0 Å². The van der Waals surface area contributed by atoms with Gasteiger partial charge in [-0.25, -0.2) is 9.69 Å². The number of anilines is 1. The van der Waals surface area contributed by atoms with Gasteiger partial charge in [-0.05, 0) is 65.9 Å². The first-order valence-electron chi connectivity index (χ1n) is 11.0. The molecule has 35 heavy (non-hydrogen) atoms. The highest BCUT2D eigenvalue weighted by Gasteiger charge is 2.37. The molecule has 6 nitrogen and oxygen atoms in total. The minimum Gasteiger partial charge on any atom is -0.489 e. The molecule has 7 heteroatoms. The van der Waals surface area contributed by atoms with Crippen molar-refractivity contribution < 1.29 is 19.1 Å². The number of carbonyl (C=O) groups excluding carboxylic acids is 3. The van der Waals surface area contributed by atoms with Crippen LogP contribution < -0.4 is 15.0 Å². The highest BCUT2D eigenvalue weighted by atomic mass is 35.5. The highest BCUT2D eigenvalue weighted by Crippen LogP contribution is 2.28. The molecule has 176 valence electrons. The fourth-order valence-electron chi connectivity index (χ4n) is 3.66. The number of imide groups is 2. The number of urea groups is 1. The number of nitrogens with zero attached hydrogens (tertiary/aromatic N) is 1. The molecule has 1 aliphatic heterocycles. The second kappa shape index (κ2) is 10.4. The number of hydrogen-bond donors (Lipinski definition) is 1. The lowest BCUT2D eigenvalue weighted by Gasteiger charge is -2.26. The Labute approximate surface area is 208 Å². The second-order valence-electron chi connectivity index (χ2n) is 8.03. The summed E-state index contributed by atoms with van der Waals surface area (Å²) in [6.45, 7) is 6.02. The van der Waals surface area contributed by atoms with Gasteiger partial charge in [-0.3, -0.25) is 14.9 Å². The van der Waals surface area contributed by atoms with Gasteiger partial charge >= 0.3 is 6.03 Å². The number of ether oxygens (including phenoxy) is 1. The number of carbonyl (C=O) groups is 3. The smallest absolute Gasteiger partial charge is 0.335 e. The second-order valence-corrected chi connectivity index (χ2v) is 8.43. The topological polar surface area (TPSA) is 75.7 Å². The van der Waals surface area contributed by atoms with Crippen LogP contribution in [0.25, 0.3) is 6.08 Å². The Balaban J connectivity index is 1.63. The fourth-order valence-corrected chi connectivity index (χ4v) is 3.83. The van der Waals surface area contributed by atoms with E-state index in [0.717, 1.165) is 21.6 Å². The standard InChI is InChI=1S/C28H23ClN2O4/c1-3-7-21-14-20(11-13-25(21)35-17-19-8-5-4-6-9-19)15-23-26(32)30-28(34)31(27(23)33)22-12-10-18(2)24(29)16-22/h3-6,8-16H,1,7,17H2,2H3,(H,30,32,34)/b23-15-. The summed E-state index contributed by atoms with van der Waals surface area (Å²) in [5.41, 5.74) is 3.42. The molecule has 1 aliphatic rings. The van der Waals surface area contributed by atoms with Gasteiger partial charge < -0.3 is 4.74 Å². The first-order valence-corrected chi connectivity index (χ1v) is 11.3. The molecular weight excluding hydrogens is 464 g/mol. The number of nitrogens with one attached hydrogen (secondary N) is 1. The quantitative estimate of drug-likeness (QED) is 0.267. The van der Waals surface area contributed by atoms with E-state index in [1.54, 1.807) is 30.3 Å². The van der Waals surface area contributed by atoms with E-state index in [9.17, 15) is 14.4 Å². The number of hydrogen-bond acceptors (Lipinski definition) is 4. The third-order valence-electron chi connectivity index (χ3n) is 5.51. The molecular formula is C28H23ClN2O4. The number of rotatable bonds is 7. The average molecular weight is 487 g/mol. The number of halogens is 1. The molecule has 1 saturated heterocycles. The molecule has 0 atom stereocenters. The molecule has 0 aromatic heterocycles. The van der Waals surface area contributed by atoms with Crippen LogP contribution in [0.1, 0.15) is 22.3 Å². The van der Waals surface area contributed by atoms with Gasteiger partial charge in [-0.15, -0.1) is 6.58 Å². The van der Waals surface area contributed by atoms with Crippen LogP contribution in [0.5, 0.6) is 5.75 Å². The van der Waals surface area contributed by atoms with Gasteiger partial charge in [0, 0.05) is 5.02 Å². The van der Waals surface area contributed by atoms with Gasteiger partial charge in [-0.2, -0.15) is 0 Å². The SMILES string of the molecule is C=CCc1cc(/C=C2/C(=O)NC(=O)N(c3ccc(C)c(Cl)c3)C2=O)ccc1OCc1ccccc1. The molecule has 0 aliphatic carbocycles. The van der Waals surface area contributed by atoms with Crippen LogP contribution in [0, 0.1) is 6.92 Å². The molecule has 1 N–H and O–H groups in total. The van der Waals surface area contributed by atoms with Crippen LogP contribution in [0.3, 0.4) is 0 Å². The van der Waals surface area contributed by atoms with E-state index in [2.05, 4.69) is 11.9 Å². The maximum absolute atomic E-state index is 13.2. The zero-order chi connectivity index (χ0) is 24.9. The summed E-state index contributed by atoms with van der Waals surface area (Å²) < 4.78 is 5.99. The predicted octanol–water partition coefficient (Wildman–Crippen LogP) is 5.62. The third-order valence-corrected chi connectivity index (χ3v) is 5.92. The summed E-state index contributed by atoms with van der Waals surface area (Å²) in [4.78, 5) is 39.1. The molecule has 0 saturated carbocycles. The van der Waals surface area contributed by atoms with Gasteiger partial charge in [0.1, 0.15) is 17.9 Å². The summed E-state index contributed by atoms with van der Waals surface area (Å²) in [7, 11) is 0. The minimum absolute atomic E-state index is 0.163. The minimum atomic E-state index is -0.825. The van der Waals surface area contributed by atoms with E-state index in [4.69, 9.17) is 16.3 Å². The molecule has 0 bridgehead atoms. The number of aryl methyl sites for hydroxylation is 1. The average Bonchev–Trinajstić information content (AvgIpc) is 2.84. The van der Waals surface area contributed by atoms with Gasteiger partial charge in [0.15, 0.2) is 0 Å². The Hall–Kier alpha value is -4.16. The summed E-state index contributed by atoms with van der Waals surface area (Å²) in [6.07, 6.45) is 3.75.